The number of hydrogen-bond donors (Lipinski definition) is 1. The van der Waals surface area contributed by atoms with Gasteiger partial charge in [0.2, 0.25) is 11.8 Å². The van der Waals surface area contributed by atoms with Crippen molar-refractivity contribution in [3.63, 3.8) is 0 Å². The molecule has 9 heteroatoms. The molecule has 2 heterocycles. The van der Waals surface area contributed by atoms with Crippen LogP contribution in [0.1, 0.15) is 25.1 Å². The summed E-state index contributed by atoms with van der Waals surface area (Å²) >= 11 is 2.77. The third kappa shape index (κ3) is 3.14. The quantitative estimate of drug-likeness (QED) is 0.647. The average Bonchev–Trinajstić information content (AvgIpc) is 2.60. The predicted octanol–water partition coefficient (Wildman–Crippen LogP) is 2.51. The SMILES string of the molecule is CC1C(=O)N(NCc2ccc(C(F)(F)F)c(Br)n2)C(=O)C1C. The molecule has 22 heavy (non-hydrogen) atoms. The van der Waals surface area contributed by atoms with Crippen LogP contribution in [-0.4, -0.2) is 21.8 Å². The Hall–Kier alpha value is -1.48. The third-order valence-electron chi connectivity index (χ3n) is 3.60. The van der Waals surface area contributed by atoms with Gasteiger partial charge >= 0.3 is 6.18 Å². The van der Waals surface area contributed by atoms with Crippen LogP contribution in [-0.2, 0) is 22.3 Å². The van der Waals surface area contributed by atoms with Crippen molar-refractivity contribution in [3.8, 4) is 0 Å². The summed E-state index contributed by atoms with van der Waals surface area (Å²) in [5.41, 5.74) is 2.00. The minimum Gasteiger partial charge on any atom is -0.273 e. The summed E-state index contributed by atoms with van der Waals surface area (Å²) in [5.74, 6) is -1.56. The first kappa shape index (κ1) is 16.9. The molecule has 1 fully saturated rings. The van der Waals surface area contributed by atoms with Gasteiger partial charge in [-0.1, -0.05) is 13.8 Å². The Morgan fingerprint density at radius 3 is 2.23 bits per heavy atom. The molecule has 1 aliphatic heterocycles. The molecule has 0 radical (unpaired) electrons. The Labute approximate surface area is 133 Å². The Balaban J connectivity index is 2.08. The summed E-state index contributed by atoms with van der Waals surface area (Å²) in [6.07, 6.45) is -4.50. The number of aromatic nitrogens is 1. The van der Waals surface area contributed by atoms with Gasteiger partial charge in [0.25, 0.3) is 0 Å². The van der Waals surface area contributed by atoms with Gasteiger partial charge in [-0.25, -0.2) is 15.4 Å². The van der Waals surface area contributed by atoms with E-state index in [2.05, 4.69) is 26.3 Å². The number of halogens is 4. The molecule has 0 aliphatic carbocycles. The molecule has 2 atom stereocenters. The maximum atomic E-state index is 12.6. The summed E-state index contributed by atoms with van der Waals surface area (Å²) in [6, 6.07) is 2.09. The van der Waals surface area contributed by atoms with Crippen LogP contribution in [0.5, 0.6) is 0 Å². The topological polar surface area (TPSA) is 62.3 Å². The number of amides is 2. The fraction of sp³-hybridized carbons (Fsp3) is 0.462. The van der Waals surface area contributed by atoms with E-state index >= 15 is 0 Å². The third-order valence-corrected chi connectivity index (χ3v) is 4.20. The van der Waals surface area contributed by atoms with Gasteiger partial charge < -0.3 is 0 Å². The Morgan fingerprint density at radius 2 is 1.77 bits per heavy atom. The second kappa shape index (κ2) is 5.96. The Kier molecular flexibility index (Phi) is 4.57. The van der Waals surface area contributed by atoms with Gasteiger partial charge in [-0.3, -0.25) is 9.59 Å². The largest absolute Gasteiger partial charge is 0.419 e. The lowest BCUT2D eigenvalue weighted by Crippen LogP contribution is -2.42. The normalized spacial score (nSPS) is 22.5. The average molecular weight is 380 g/mol. The minimum absolute atomic E-state index is 0.0341. The van der Waals surface area contributed by atoms with Crippen molar-refractivity contribution in [2.45, 2.75) is 26.6 Å². The smallest absolute Gasteiger partial charge is 0.273 e. The summed E-state index contributed by atoms with van der Waals surface area (Å²) < 4.78 is 37.5. The first-order chi connectivity index (χ1) is 10.1. The van der Waals surface area contributed by atoms with Gasteiger partial charge in [-0.2, -0.15) is 13.2 Å². The van der Waals surface area contributed by atoms with Crippen molar-refractivity contribution in [1.29, 1.82) is 0 Å². The standard InChI is InChI=1S/C13H13BrF3N3O2/c1-6-7(2)12(22)20(11(6)21)18-5-8-3-4-9(10(14)19-8)13(15,16)17/h3-4,6-7,18H,5H2,1-2H3. The molecule has 1 saturated heterocycles. The molecule has 5 nitrogen and oxygen atoms in total. The van der Waals surface area contributed by atoms with Gasteiger partial charge in [0.05, 0.1) is 17.8 Å². The lowest BCUT2D eigenvalue weighted by molar-refractivity contribution is -0.143. The van der Waals surface area contributed by atoms with Crippen LogP contribution in [0, 0.1) is 11.8 Å². The fourth-order valence-corrected chi connectivity index (χ4v) is 2.63. The van der Waals surface area contributed by atoms with Crippen LogP contribution in [0.25, 0.3) is 0 Å². The van der Waals surface area contributed by atoms with Crippen molar-refractivity contribution in [3.05, 3.63) is 28.0 Å². The summed E-state index contributed by atoms with van der Waals surface area (Å²) in [4.78, 5) is 27.5. The number of hydrazine groups is 1. The van der Waals surface area contributed by atoms with E-state index in [1.54, 1.807) is 13.8 Å². The van der Waals surface area contributed by atoms with Crippen molar-refractivity contribution >= 4 is 27.7 Å². The lowest BCUT2D eigenvalue weighted by Gasteiger charge is -2.16. The number of carbonyl (C=O) groups excluding carboxylic acids is 2. The molecule has 120 valence electrons. The Bertz CT molecular complexity index is 601. The summed E-state index contributed by atoms with van der Waals surface area (Å²) in [7, 11) is 0. The number of pyridine rings is 1. The van der Waals surface area contributed by atoms with E-state index in [0.717, 1.165) is 11.1 Å². The fourth-order valence-electron chi connectivity index (χ4n) is 2.04. The number of alkyl halides is 3. The Morgan fingerprint density at radius 1 is 1.23 bits per heavy atom. The molecule has 2 unspecified atom stereocenters. The van der Waals surface area contributed by atoms with Crippen LogP contribution in [0.3, 0.4) is 0 Å². The second-order valence-corrected chi connectivity index (χ2v) is 5.81. The van der Waals surface area contributed by atoms with Crippen molar-refractivity contribution in [1.82, 2.24) is 15.4 Å². The maximum absolute atomic E-state index is 12.6. The van der Waals surface area contributed by atoms with Gasteiger partial charge in [-0.05, 0) is 28.1 Å². The zero-order valence-electron chi connectivity index (χ0n) is 11.7. The molecular weight excluding hydrogens is 367 g/mol. The summed E-state index contributed by atoms with van der Waals surface area (Å²) in [6.45, 7) is 3.27. The molecule has 1 N–H and O–H groups in total. The highest BCUT2D eigenvalue weighted by Gasteiger charge is 2.42. The molecule has 0 spiro atoms. The first-order valence-corrected chi connectivity index (χ1v) is 7.26. The highest BCUT2D eigenvalue weighted by atomic mass is 79.9. The molecule has 2 rings (SSSR count). The highest BCUT2D eigenvalue weighted by Crippen LogP contribution is 2.33. The van der Waals surface area contributed by atoms with Gasteiger partial charge in [0, 0.05) is 11.8 Å². The number of nitrogens with zero attached hydrogens (tertiary/aromatic N) is 2. The highest BCUT2D eigenvalue weighted by molar-refractivity contribution is 9.10. The van der Waals surface area contributed by atoms with E-state index in [4.69, 9.17) is 0 Å². The van der Waals surface area contributed by atoms with Crippen molar-refractivity contribution < 1.29 is 22.8 Å². The number of imide groups is 1. The van der Waals surface area contributed by atoms with E-state index in [1.807, 2.05) is 0 Å². The van der Waals surface area contributed by atoms with Crippen LogP contribution >= 0.6 is 15.9 Å². The number of rotatable bonds is 3. The van der Waals surface area contributed by atoms with Gasteiger partial charge in [-0.15, -0.1) is 0 Å². The molecule has 2 amide bonds. The van der Waals surface area contributed by atoms with E-state index < -0.39 is 23.6 Å². The van der Waals surface area contributed by atoms with Crippen molar-refractivity contribution in [2.75, 3.05) is 0 Å². The molecule has 1 aromatic rings. The van der Waals surface area contributed by atoms with Crippen LogP contribution in [0.15, 0.2) is 16.7 Å². The maximum Gasteiger partial charge on any atom is 0.419 e. The van der Waals surface area contributed by atoms with Crippen LogP contribution in [0.2, 0.25) is 0 Å². The number of carbonyl (C=O) groups is 2. The van der Waals surface area contributed by atoms with Gasteiger partial charge in [0.1, 0.15) is 4.60 Å². The minimum atomic E-state index is -4.50. The zero-order valence-corrected chi connectivity index (χ0v) is 13.3. The van der Waals surface area contributed by atoms with E-state index in [-0.39, 0.29) is 28.7 Å². The molecular formula is C13H13BrF3N3O2. The lowest BCUT2D eigenvalue weighted by atomic mass is 10.00. The van der Waals surface area contributed by atoms with Crippen molar-refractivity contribution in [2.24, 2.45) is 11.8 Å². The molecule has 0 saturated carbocycles. The first-order valence-electron chi connectivity index (χ1n) is 6.47. The van der Waals surface area contributed by atoms with Crippen LogP contribution < -0.4 is 5.43 Å². The van der Waals surface area contributed by atoms with E-state index in [9.17, 15) is 22.8 Å². The van der Waals surface area contributed by atoms with Crippen LogP contribution in [0.4, 0.5) is 13.2 Å². The molecule has 1 aliphatic rings. The number of nitrogens with one attached hydrogen (secondary N) is 1. The van der Waals surface area contributed by atoms with Gasteiger partial charge in [0.15, 0.2) is 0 Å². The second-order valence-electron chi connectivity index (χ2n) is 5.06. The molecule has 1 aromatic heterocycles. The van der Waals surface area contributed by atoms with E-state index in [0.29, 0.717) is 0 Å². The predicted molar refractivity (Wildman–Crippen MR) is 74.0 cm³/mol. The molecule has 0 bridgehead atoms. The monoisotopic (exact) mass is 379 g/mol. The zero-order chi connectivity index (χ0) is 16.7. The summed E-state index contributed by atoms with van der Waals surface area (Å²) in [5, 5.41) is 0.905. The molecule has 0 aromatic carbocycles. The number of hydrogen-bond acceptors (Lipinski definition) is 4. The van der Waals surface area contributed by atoms with E-state index in [1.165, 1.54) is 6.07 Å².